The fraction of sp³-hybridized carbons (Fsp3) is 0.867. The van der Waals surface area contributed by atoms with Crippen molar-refractivity contribution < 1.29 is 60.7 Å². The van der Waals surface area contributed by atoms with Crippen molar-refractivity contribution in [1.82, 2.24) is 10.6 Å². The molecule has 0 saturated carbocycles. The van der Waals surface area contributed by atoms with Gasteiger partial charge in [0.1, 0.15) is 36.6 Å². The van der Waals surface area contributed by atoms with Crippen molar-refractivity contribution >= 4 is 11.8 Å². The van der Waals surface area contributed by atoms with Gasteiger partial charge in [-0.1, -0.05) is 0 Å². The Hall–Kier alpha value is -1.46. The molecule has 0 heterocycles. The average molecular weight is 430 g/mol. The van der Waals surface area contributed by atoms with Gasteiger partial charge in [0.2, 0.25) is 0 Å². The van der Waals surface area contributed by atoms with Crippen molar-refractivity contribution in [2.75, 3.05) is 26.3 Å². The van der Waals surface area contributed by atoms with E-state index in [0.717, 1.165) is 0 Å². The van der Waals surface area contributed by atoms with Crippen LogP contribution in [0.15, 0.2) is 0 Å². The Morgan fingerprint density at radius 2 is 0.897 bits per heavy atom. The molecular formula is C15H30N2O12. The maximum Gasteiger partial charge on any atom is 0.251 e. The zero-order valence-corrected chi connectivity index (χ0v) is 15.4. The number of rotatable bonds is 14. The third-order valence-corrected chi connectivity index (χ3v) is 4.00. The van der Waals surface area contributed by atoms with Crippen LogP contribution >= 0.6 is 0 Å². The molecule has 0 aliphatic rings. The lowest BCUT2D eigenvalue weighted by molar-refractivity contribution is -0.148. The van der Waals surface area contributed by atoms with Crippen LogP contribution in [0.25, 0.3) is 0 Å². The summed E-state index contributed by atoms with van der Waals surface area (Å²) in [7, 11) is 0. The predicted molar refractivity (Wildman–Crippen MR) is 92.9 cm³/mol. The lowest BCUT2D eigenvalue weighted by Crippen LogP contribution is -2.52. The Bertz CT molecular complexity index is 454. The Labute approximate surface area is 165 Å². The van der Waals surface area contributed by atoms with Gasteiger partial charge in [0.15, 0.2) is 12.2 Å². The van der Waals surface area contributed by atoms with Crippen LogP contribution in [-0.4, -0.2) is 138 Å². The lowest BCUT2D eigenvalue weighted by atomic mass is 10.0. The van der Waals surface area contributed by atoms with Crippen LogP contribution in [0.5, 0.6) is 0 Å². The van der Waals surface area contributed by atoms with E-state index in [1.54, 1.807) is 0 Å². The summed E-state index contributed by atoms with van der Waals surface area (Å²) in [6.45, 7) is -2.04. The summed E-state index contributed by atoms with van der Waals surface area (Å²) in [5, 5.41) is 97.1. The van der Waals surface area contributed by atoms with E-state index >= 15 is 0 Å². The molecule has 0 saturated heterocycles. The van der Waals surface area contributed by atoms with Crippen LogP contribution in [0.1, 0.15) is 6.42 Å². The highest BCUT2D eigenvalue weighted by atomic mass is 16.4. The van der Waals surface area contributed by atoms with Gasteiger partial charge < -0.3 is 61.7 Å². The molecule has 0 spiro atoms. The minimum Gasteiger partial charge on any atom is -0.394 e. The van der Waals surface area contributed by atoms with Gasteiger partial charge in [-0.05, 0) is 6.42 Å². The summed E-state index contributed by atoms with van der Waals surface area (Å²) in [6.07, 6.45) is -15.7. The van der Waals surface area contributed by atoms with Gasteiger partial charge in [-0.25, -0.2) is 0 Å². The van der Waals surface area contributed by atoms with Crippen LogP contribution in [-0.2, 0) is 9.59 Å². The summed E-state index contributed by atoms with van der Waals surface area (Å²) in [5.74, 6) is -2.19. The van der Waals surface area contributed by atoms with Gasteiger partial charge in [-0.3, -0.25) is 9.59 Å². The van der Waals surface area contributed by atoms with Gasteiger partial charge in [0, 0.05) is 13.1 Å². The van der Waals surface area contributed by atoms with E-state index in [1.165, 1.54) is 0 Å². The second-order valence-electron chi connectivity index (χ2n) is 6.29. The Balaban J connectivity index is 4.25. The highest BCUT2D eigenvalue weighted by Crippen LogP contribution is 2.06. The molecule has 14 heteroatoms. The zero-order chi connectivity index (χ0) is 22.7. The molecule has 0 aliphatic carbocycles. The summed E-state index contributed by atoms with van der Waals surface area (Å²) >= 11 is 0. The van der Waals surface area contributed by atoms with Gasteiger partial charge in [-0.2, -0.15) is 0 Å². The van der Waals surface area contributed by atoms with Crippen LogP contribution in [0.3, 0.4) is 0 Å². The first-order chi connectivity index (χ1) is 13.5. The fourth-order valence-electron chi connectivity index (χ4n) is 2.08. The molecule has 2 amide bonds. The first-order valence-corrected chi connectivity index (χ1v) is 8.71. The van der Waals surface area contributed by atoms with Crippen molar-refractivity contribution in [2.24, 2.45) is 0 Å². The van der Waals surface area contributed by atoms with E-state index < -0.39 is 73.9 Å². The number of amides is 2. The fourth-order valence-corrected chi connectivity index (χ4v) is 2.08. The minimum absolute atomic E-state index is 0.0761. The number of hydrogen-bond acceptors (Lipinski definition) is 12. The molecule has 29 heavy (non-hydrogen) atoms. The van der Waals surface area contributed by atoms with E-state index in [9.17, 15) is 40.2 Å². The van der Waals surface area contributed by atoms with E-state index in [4.69, 9.17) is 20.4 Å². The summed E-state index contributed by atoms with van der Waals surface area (Å²) in [5.41, 5.74) is 0. The van der Waals surface area contributed by atoms with Gasteiger partial charge >= 0.3 is 0 Å². The number of hydrogen-bond donors (Lipinski definition) is 12. The monoisotopic (exact) mass is 430 g/mol. The summed E-state index contributed by atoms with van der Waals surface area (Å²) in [6, 6.07) is 0. The largest absolute Gasteiger partial charge is 0.394 e. The first kappa shape index (κ1) is 27.5. The topological polar surface area (TPSA) is 260 Å². The van der Waals surface area contributed by atoms with E-state index in [-0.39, 0.29) is 19.5 Å². The number of aliphatic hydroxyl groups is 10. The maximum absolute atomic E-state index is 11.7. The number of carbonyl (C=O) groups is 2. The molecule has 0 aromatic heterocycles. The van der Waals surface area contributed by atoms with Crippen molar-refractivity contribution in [3.63, 3.8) is 0 Å². The normalized spacial score (nSPS) is 19.9. The van der Waals surface area contributed by atoms with Crippen LogP contribution in [0.2, 0.25) is 0 Å². The van der Waals surface area contributed by atoms with Crippen molar-refractivity contribution in [1.29, 1.82) is 0 Å². The second-order valence-corrected chi connectivity index (χ2v) is 6.29. The van der Waals surface area contributed by atoms with Crippen molar-refractivity contribution in [3.05, 3.63) is 0 Å². The van der Waals surface area contributed by atoms with E-state index in [1.807, 2.05) is 0 Å². The summed E-state index contributed by atoms with van der Waals surface area (Å²) < 4.78 is 0. The van der Waals surface area contributed by atoms with Gasteiger partial charge in [0.05, 0.1) is 13.2 Å². The molecule has 8 atom stereocenters. The molecule has 0 rings (SSSR count). The van der Waals surface area contributed by atoms with E-state index in [0.29, 0.717) is 0 Å². The molecule has 0 aliphatic heterocycles. The maximum atomic E-state index is 11.7. The number of nitrogens with one attached hydrogen (secondary N) is 2. The molecular weight excluding hydrogens is 400 g/mol. The second kappa shape index (κ2) is 13.7. The first-order valence-electron chi connectivity index (χ1n) is 8.71. The van der Waals surface area contributed by atoms with Gasteiger partial charge in [0.25, 0.3) is 11.8 Å². The molecule has 0 bridgehead atoms. The predicted octanol–water partition coefficient (Wildman–Crippen LogP) is -7.52. The van der Waals surface area contributed by atoms with Crippen LogP contribution < -0.4 is 10.6 Å². The number of aliphatic hydroxyl groups excluding tert-OH is 10. The molecule has 0 aromatic carbocycles. The van der Waals surface area contributed by atoms with E-state index in [2.05, 4.69) is 10.6 Å². The Morgan fingerprint density at radius 1 is 0.586 bits per heavy atom. The molecule has 0 fully saturated rings. The quantitative estimate of drug-likeness (QED) is 0.115. The molecule has 0 unspecified atom stereocenters. The third kappa shape index (κ3) is 8.83. The highest BCUT2D eigenvalue weighted by Gasteiger charge is 2.35. The zero-order valence-electron chi connectivity index (χ0n) is 15.4. The Morgan fingerprint density at radius 3 is 1.17 bits per heavy atom. The smallest absolute Gasteiger partial charge is 0.251 e. The van der Waals surface area contributed by atoms with Crippen molar-refractivity contribution in [2.45, 2.75) is 55.3 Å². The average Bonchev–Trinajstić information content (AvgIpc) is 2.73. The third-order valence-electron chi connectivity index (χ3n) is 4.00. The van der Waals surface area contributed by atoms with Gasteiger partial charge in [-0.15, -0.1) is 0 Å². The molecule has 0 radical (unpaired) electrons. The molecule has 172 valence electrons. The molecule has 0 aromatic rings. The van der Waals surface area contributed by atoms with Crippen LogP contribution in [0.4, 0.5) is 0 Å². The standard InChI is InChI=1S/C15H30N2O12/c18-4-6(20)8(22)10(24)12(26)14(28)16-2-1-3-17-15(29)13(27)11(25)9(23)7(21)5-19/h6-13,18-27H,1-5H2,(H,16,28)(H,17,29)/t6-,7-,8-,9-,10+,11+,12-,13-/m1/s1. The van der Waals surface area contributed by atoms with Crippen LogP contribution in [0, 0.1) is 0 Å². The van der Waals surface area contributed by atoms with Crippen molar-refractivity contribution in [3.8, 4) is 0 Å². The number of carbonyl (C=O) groups excluding carboxylic acids is 2. The SMILES string of the molecule is O=C(NCCCNC(=O)[C@H](O)[C@@H](O)[C@H](O)[C@H](O)CO)[C@H](O)[C@@H](O)[C@H](O)[C@H](O)CO. The molecule has 12 N–H and O–H groups in total. The lowest BCUT2D eigenvalue weighted by Gasteiger charge is -2.25. The highest BCUT2D eigenvalue weighted by molar-refractivity contribution is 5.81. The minimum atomic E-state index is -2.10. The summed E-state index contributed by atoms with van der Waals surface area (Å²) in [4.78, 5) is 23.3. The molecule has 14 nitrogen and oxygen atoms in total. The Kier molecular flexibility index (Phi) is 13.0.